The van der Waals surface area contributed by atoms with E-state index in [9.17, 15) is 0 Å². The fourth-order valence-corrected chi connectivity index (χ4v) is 2.36. The Morgan fingerprint density at radius 2 is 1.36 bits per heavy atom. The molecule has 0 radical (unpaired) electrons. The molecule has 0 heterocycles. The fourth-order valence-electron chi connectivity index (χ4n) is 2.36. The number of hydrogen-bond donors (Lipinski definition) is 0. The van der Waals surface area contributed by atoms with Crippen molar-refractivity contribution in [2.24, 2.45) is 0 Å². The highest BCUT2D eigenvalue weighted by atomic mass is 16.5. The third kappa shape index (κ3) is 3.16. The van der Waals surface area contributed by atoms with Gasteiger partial charge in [-0.1, -0.05) is 60.7 Å². The van der Waals surface area contributed by atoms with E-state index in [1.165, 1.54) is 0 Å². The first-order chi connectivity index (χ1) is 10.9. The maximum Gasteiger partial charge on any atom is 0.149 e. The first-order valence-electron chi connectivity index (χ1n) is 7.13. The second-order valence-corrected chi connectivity index (χ2v) is 4.96. The average Bonchev–Trinajstić information content (AvgIpc) is 2.61. The molecule has 3 rings (SSSR count). The quantitative estimate of drug-likeness (QED) is 0.694. The molecule has 3 aromatic rings. The highest BCUT2D eigenvalue weighted by Crippen LogP contribution is 2.28. The number of benzene rings is 3. The fraction of sp³-hybridized carbons (Fsp3) is 0.0500. The van der Waals surface area contributed by atoms with Crippen molar-refractivity contribution in [1.82, 2.24) is 0 Å². The van der Waals surface area contributed by atoms with Crippen LogP contribution in [-0.4, -0.2) is 0 Å². The van der Waals surface area contributed by atoms with Crippen LogP contribution in [0.25, 0.3) is 0 Å². The summed E-state index contributed by atoms with van der Waals surface area (Å²) in [6, 6.07) is 29.5. The maximum atomic E-state index is 9.11. The van der Waals surface area contributed by atoms with Gasteiger partial charge in [0.15, 0.2) is 0 Å². The molecule has 2 heteroatoms. The summed E-state index contributed by atoms with van der Waals surface area (Å²) in [7, 11) is 0. The van der Waals surface area contributed by atoms with Crippen LogP contribution in [0.5, 0.6) is 5.75 Å². The largest absolute Gasteiger partial charge is 0.481 e. The summed E-state index contributed by atoms with van der Waals surface area (Å²) >= 11 is 0. The van der Waals surface area contributed by atoms with Crippen LogP contribution in [0.15, 0.2) is 84.9 Å². The zero-order valence-electron chi connectivity index (χ0n) is 12.0. The molecule has 0 aromatic heterocycles. The van der Waals surface area contributed by atoms with Crippen LogP contribution >= 0.6 is 0 Å². The Balaban J connectivity index is 2.01. The van der Waals surface area contributed by atoms with E-state index in [1.54, 1.807) is 6.07 Å². The van der Waals surface area contributed by atoms with Gasteiger partial charge in [-0.2, -0.15) is 5.26 Å². The molecule has 0 saturated carbocycles. The van der Waals surface area contributed by atoms with Crippen molar-refractivity contribution in [3.63, 3.8) is 0 Å². The van der Waals surface area contributed by atoms with E-state index in [-0.39, 0.29) is 6.10 Å². The van der Waals surface area contributed by atoms with Crippen LogP contribution in [0.2, 0.25) is 0 Å². The molecule has 0 aliphatic heterocycles. The van der Waals surface area contributed by atoms with Gasteiger partial charge in [-0.15, -0.1) is 0 Å². The van der Waals surface area contributed by atoms with Gasteiger partial charge in [0.2, 0.25) is 0 Å². The van der Waals surface area contributed by atoms with Crippen molar-refractivity contribution in [3.05, 3.63) is 102 Å². The minimum absolute atomic E-state index is 0.239. The number of rotatable bonds is 4. The average molecular weight is 285 g/mol. The molecule has 2 nitrogen and oxygen atoms in total. The van der Waals surface area contributed by atoms with Gasteiger partial charge in [0, 0.05) is 0 Å². The summed E-state index contributed by atoms with van der Waals surface area (Å²) in [4.78, 5) is 0. The molecule has 0 N–H and O–H groups in total. The van der Waals surface area contributed by atoms with E-state index in [0.29, 0.717) is 5.56 Å². The highest BCUT2D eigenvalue weighted by molar-refractivity contribution is 5.38. The molecular weight excluding hydrogens is 270 g/mol. The lowest BCUT2D eigenvalue weighted by atomic mass is 9.99. The van der Waals surface area contributed by atoms with Crippen LogP contribution in [0.1, 0.15) is 22.8 Å². The Kier molecular flexibility index (Phi) is 4.17. The molecule has 0 aliphatic rings. The molecule has 1 unspecified atom stereocenters. The molecular formula is C20H15NO. The van der Waals surface area contributed by atoms with Gasteiger partial charge in [-0.05, 0) is 35.4 Å². The Bertz CT molecular complexity index is 776. The third-order valence-electron chi connectivity index (χ3n) is 3.42. The summed E-state index contributed by atoms with van der Waals surface area (Å²) < 4.78 is 6.18. The zero-order valence-corrected chi connectivity index (χ0v) is 12.0. The van der Waals surface area contributed by atoms with Gasteiger partial charge < -0.3 is 4.74 Å². The Labute approximate surface area is 130 Å². The van der Waals surface area contributed by atoms with Crippen molar-refractivity contribution < 1.29 is 4.74 Å². The topological polar surface area (TPSA) is 33.0 Å². The number of nitriles is 1. The van der Waals surface area contributed by atoms with Crippen molar-refractivity contribution >= 4 is 0 Å². The van der Waals surface area contributed by atoms with Crippen LogP contribution in [0.3, 0.4) is 0 Å². The number of hydrogen-bond acceptors (Lipinski definition) is 2. The van der Waals surface area contributed by atoms with Gasteiger partial charge >= 0.3 is 0 Å². The van der Waals surface area contributed by atoms with Crippen LogP contribution in [-0.2, 0) is 0 Å². The molecule has 3 aromatic carbocycles. The maximum absolute atomic E-state index is 9.11. The molecule has 0 saturated heterocycles. The second kappa shape index (κ2) is 6.60. The van der Waals surface area contributed by atoms with Gasteiger partial charge in [0.05, 0.1) is 11.6 Å². The Morgan fingerprint density at radius 3 is 2.05 bits per heavy atom. The van der Waals surface area contributed by atoms with Gasteiger partial charge in [0.1, 0.15) is 11.9 Å². The number of ether oxygens (including phenoxy) is 1. The van der Waals surface area contributed by atoms with Crippen molar-refractivity contribution in [3.8, 4) is 11.8 Å². The number of para-hydroxylation sites is 1. The highest BCUT2D eigenvalue weighted by Gasteiger charge is 2.16. The molecule has 0 bridgehead atoms. The minimum atomic E-state index is -0.239. The molecule has 0 fully saturated rings. The molecule has 0 amide bonds. The zero-order chi connectivity index (χ0) is 15.2. The summed E-state index contributed by atoms with van der Waals surface area (Å²) in [5.74, 6) is 0.804. The lowest BCUT2D eigenvalue weighted by molar-refractivity contribution is 0.247. The van der Waals surface area contributed by atoms with Crippen molar-refractivity contribution in [2.75, 3.05) is 0 Å². The van der Waals surface area contributed by atoms with E-state index in [0.717, 1.165) is 16.9 Å². The summed E-state index contributed by atoms with van der Waals surface area (Å²) in [5, 5.41) is 9.11. The standard InChI is InChI=1S/C20H15NO/c21-15-16-8-7-11-18(14-16)20(17-9-3-1-4-10-17)22-19-12-5-2-6-13-19/h1-14,20H. The van der Waals surface area contributed by atoms with Crippen LogP contribution in [0, 0.1) is 11.3 Å². The summed E-state index contributed by atoms with van der Waals surface area (Å²) in [6.45, 7) is 0. The van der Waals surface area contributed by atoms with Crippen LogP contribution < -0.4 is 4.74 Å². The van der Waals surface area contributed by atoms with Crippen molar-refractivity contribution in [1.29, 1.82) is 5.26 Å². The molecule has 0 spiro atoms. The smallest absolute Gasteiger partial charge is 0.149 e. The SMILES string of the molecule is N#Cc1cccc(C(Oc2ccccc2)c2ccccc2)c1. The Morgan fingerprint density at radius 1 is 0.727 bits per heavy atom. The lowest BCUT2D eigenvalue weighted by Crippen LogP contribution is -2.09. The predicted molar refractivity (Wildman–Crippen MR) is 86.5 cm³/mol. The first-order valence-corrected chi connectivity index (χ1v) is 7.13. The van der Waals surface area contributed by atoms with E-state index in [2.05, 4.69) is 6.07 Å². The molecule has 0 aliphatic carbocycles. The Hall–Kier alpha value is -3.05. The van der Waals surface area contributed by atoms with Gasteiger partial charge in [-0.3, -0.25) is 0 Å². The minimum Gasteiger partial charge on any atom is -0.481 e. The third-order valence-corrected chi connectivity index (χ3v) is 3.42. The van der Waals surface area contributed by atoms with Gasteiger partial charge in [0.25, 0.3) is 0 Å². The molecule has 106 valence electrons. The second-order valence-electron chi connectivity index (χ2n) is 4.96. The summed E-state index contributed by atoms with van der Waals surface area (Å²) in [6.07, 6.45) is -0.239. The number of nitrogens with zero attached hydrogens (tertiary/aromatic N) is 1. The monoisotopic (exact) mass is 285 g/mol. The van der Waals surface area contributed by atoms with Crippen molar-refractivity contribution in [2.45, 2.75) is 6.10 Å². The first kappa shape index (κ1) is 13.9. The van der Waals surface area contributed by atoms with E-state index in [4.69, 9.17) is 10.00 Å². The van der Waals surface area contributed by atoms with Crippen LogP contribution in [0.4, 0.5) is 0 Å². The van der Waals surface area contributed by atoms with E-state index < -0.39 is 0 Å². The lowest BCUT2D eigenvalue weighted by Gasteiger charge is -2.20. The molecule has 1 atom stereocenters. The summed E-state index contributed by atoms with van der Waals surface area (Å²) in [5.41, 5.74) is 2.66. The van der Waals surface area contributed by atoms with E-state index in [1.807, 2.05) is 78.9 Å². The molecule has 22 heavy (non-hydrogen) atoms. The van der Waals surface area contributed by atoms with Gasteiger partial charge in [-0.25, -0.2) is 0 Å². The predicted octanol–water partition coefficient (Wildman–Crippen LogP) is 4.73. The van der Waals surface area contributed by atoms with E-state index >= 15 is 0 Å². The normalized spacial score (nSPS) is 11.4.